The van der Waals surface area contributed by atoms with E-state index in [4.69, 9.17) is 10.1 Å². The van der Waals surface area contributed by atoms with Crippen molar-refractivity contribution >= 4 is 18.0 Å². The molecule has 148 valence electrons. The van der Waals surface area contributed by atoms with Crippen molar-refractivity contribution in [3.8, 4) is 0 Å². The molecule has 4 aliphatic carbocycles. The number of hydrogen-bond donors (Lipinski definition) is 1. The second-order valence-corrected chi connectivity index (χ2v) is 9.56. The van der Waals surface area contributed by atoms with E-state index in [9.17, 15) is 9.59 Å². The van der Waals surface area contributed by atoms with Gasteiger partial charge >= 0.3 is 5.97 Å². The van der Waals surface area contributed by atoms with E-state index in [0.29, 0.717) is 18.1 Å². The Morgan fingerprint density at radius 2 is 2.15 bits per heavy atom. The lowest BCUT2D eigenvalue weighted by Crippen LogP contribution is -2.58. The predicted octanol–water partition coefficient (Wildman–Crippen LogP) is 5.00. The van der Waals surface area contributed by atoms with Gasteiger partial charge in [-0.3, -0.25) is 9.59 Å². The number of carbonyl (C=O) groups is 2. The van der Waals surface area contributed by atoms with Crippen molar-refractivity contribution in [1.82, 2.24) is 0 Å². The summed E-state index contributed by atoms with van der Waals surface area (Å²) >= 11 is 0. The summed E-state index contributed by atoms with van der Waals surface area (Å²) in [5.41, 5.74) is 1.13. The smallest absolute Gasteiger partial charge is 0.302 e. The van der Waals surface area contributed by atoms with Gasteiger partial charge in [-0.05, 0) is 69.1 Å². The number of fused-ring (bicyclic) bond motifs is 3. The third kappa shape index (κ3) is 2.58. The van der Waals surface area contributed by atoms with Crippen LogP contribution in [-0.2, 0) is 14.3 Å². The number of hydrogen-bond acceptors (Lipinski definition) is 4. The zero-order valence-corrected chi connectivity index (χ0v) is 16.8. The lowest BCUT2D eigenvalue weighted by Gasteiger charge is -2.61. The predicted molar refractivity (Wildman–Crippen MR) is 105 cm³/mol. The summed E-state index contributed by atoms with van der Waals surface area (Å²) < 4.78 is 5.55. The molecule has 0 heterocycles. The van der Waals surface area contributed by atoms with E-state index in [-0.39, 0.29) is 28.3 Å². The Labute approximate surface area is 162 Å². The number of allylic oxidation sites excluding steroid dienone is 1. The molecule has 5 unspecified atom stereocenters. The highest BCUT2D eigenvalue weighted by Gasteiger charge is 2.68. The van der Waals surface area contributed by atoms with Gasteiger partial charge in [-0.1, -0.05) is 18.6 Å². The number of nitrogens with one attached hydrogen (secondary N) is 1. The maximum absolute atomic E-state index is 13.0. The van der Waals surface area contributed by atoms with Crippen LogP contribution in [0, 0.1) is 27.6 Å². The SMILES string of the molecule is CCC12CCC34CCCC(OC(C)=O)CC(=CCC3C1(C=N)CCC2=O)C4. The first-order chi connectivity index (χ1) is 12.9. The van der Waals surface area contributed by atoms with Crippen LogP contribution in [0.4, 0.5) is 0 Å². The van der Waals surface area contributed by atoms with Crippen LogP contribution in [-0.4, -0.2) is 24.1 Å². The van der Waals surface area contributed by atoms with Gasteiger partial charge in [0.2, 0.25) is 0 Å². The highest BCUT2D eigenvalue weighted by Crippen LogP contribution is 2.70. The van der Waals surface area contributed by atoms with E-state index in [0.717, 1.165) is 64.2 Å². The molecule has 0 saturated heterocycles. The zero-order chi connectivity index (χ0) is 19.3. The van der Waals surface area contributed by atoms with Crippen molar-refractivity contribution in [3.63, 3.8) is 0 Å². The molecule has 3 fully saturated rings. The topological polar surface area (TPSA) is 67.2 Å². The Morgan fingerprint density at radius 3 is 2.85 bits per heavy atom. The monoisotopic (exact) mass is 371 g/mol. The maximum Gasteiger partial charge on any atom is 0.302 e. The molecule has 0 radical (unpaired) electrons. The Kier molecular flexibility index (Phi) is 4.59. The van der Waals surface area contributed by atoms with Gasteiger partial charge in [0.15, 0.2) is 0 Å². The average Bonchev–Trinajstić information content (AvgIpc) is 2.93. The lowest BCUT2D eigenvalue weighted by molar-refractivity contribution is -0.148. The zero-order valence-electron chi connectivity index (χ0n) is 16.8. The Hall–Kier alpha value is -1.45. The molecule has 4 rings (SSSR count). The second kappa shape index (κ2) is 6.56. The fraction of sp³-hybridized carbons (Fsp3) is 0.783. The minimum atomic E-state index is -0.293. The fourth-order valence-corrected chi connectivity index (χ4v) is 7.57. The summed E-state index contributed by atoms with van der Waals surface area (Å²) in [6, 6.07) is 0. The highest BCUT2D eigenvalue weighted by molar-refractivity contribution is 5.93. The quantitative estimate of drug-likeness (QED) is 0.431. The molecule has 27 heavy (non-hydrogen) atoms. The molecule has 4 aliphatic rings. The molecule has 0 aromatic carbocycles. The van der Waals surface area contributed by atoms with Gasteiger partial charge in [0.25, 0.3) is 0 Å². The van der Waals surface area contributed by atoms with Gasteiger partial charge in [-0.15, -0.1) is 0 Å². The van der Waals surface area contributed by atoms with E-state index in [2.05, 4.69) is 13.0 Å². The summed E-state index contributed by atoms with van der Waals surface area (Å²) in [6.07, 6.45) is 14.6. The van der Waals surface area contributed by atoms with Crippen molar-refractivity contribution in [2.75, 3.05) is 0 Å². The first-order valence-corrected chi connectivity index (χ1v) is 10.8. The molecule has 5 atom stereocenters. The maximum atomic E-state index is 13.0. The van der Waals surface area contributed by atoms with Crippen molar-refractivity contribution in [2.24, 2.45) is 22.2 Å². The summed E-state index contributed by atoms with van der Waals surface area (Å²) in [5, 5.41) is 8.44. The van der Waals surface area contributed by atoms with Crippen LogP contribution in [0.25, 0.3) is 0 Å². The van der Waals surface area contributed by atoms with Gasteiger partial charge in [-0.25, -0.2) is 0 Å². The van der Waals surface area contributed by atoms with Crippen LogP contribution in [0.1, 0.15) is 84.5 Å². The molecule has 0 aliphatic heterocycles. The highest BCUT2D eigenvalue weighted by atomic mass is 16.5. The first-order valence-electron chi connectivity index (χ1n) is 10.8. The molecule has 1 spiro atoms. The van der Waals surface area contributed by atoms with E-state index < -0.39 is 0 Å². The first kappa shape index (κ1) is 18.9. The molecule has 4 nitrogen and oxygen atoms in total. The Bertz CT molecular complexity index is 698. The van der Waals surface area contributed by atoms with Crippen LogP contribution >= 0.6 is 0 Å². The number of esters is 1. The molecule has 2 bridgehead atoms. The van der Waals surface area contributed by atoms with Gasteiger partial charge < -0.3 is 10.1 Å². The standard InChI is InChI=1S/C23H33NO3/c1-3-22-12-11-21-9-4-5-18(27-16(2)25)13-17(14-21)6-7-19(21)23(22,15-24)10-8-20(22)26/h6,15,18-19,24H,3-5,7-14H2,1-2H3. The Balaban J connectivity index is 1.70. The van der Waals surface area contributed by atoms with Crippen molar-refractivity contribution in [2.45, 2.75) is 90.6 Å². The van der Waals surface area contributed by atoms with E-state index in [1.54, 1.807) is 6.21 Å². The van der Waals surface area contributed by atoms with Gasteiger partial charge in [0.1, 0.15) is 11.9 Å². The van der Waals surface area contributed by atoms with E-state index >= 15 is 0 Å². The molecule has 0 aromatic rings. The largest absolute Gasteiger partial charge is 0.462 e. The normalized spacial score (nSPS) is 43.6. The average molecular weight is 372 g/mol. The third-order valence-corrected chi connectivity index (χ3v) is 8.71. The number of rotatable bonds is 3. The number of ether oxygens (including phenoxy) is 1. The summed E-state index contributed by atoms with van der Waals surface area (Å²) in [5.74, 6) is 0.651. The van der Waals surface area contributed by atoms with Crippen molar-refractivity contribution in [3.05, 3.63) is 11.6 Å². The van der Waals surface area contributed by atoms with E-state index in [1.807, 2.05) is 0 Å². The molecule has 3 saturated carbocycles. The van der Waals surface area contributed by atoms with Crippen molar-refractivity contribution in [1.29, 1.82) is 5.41 Å². The Morgan fingerprint density at radius 1 is 1.33 bits per heavy atom. The van der Waals surface area contributed by atoms with Crippen molar-refractivity contribution < 1.29 is 14.3 Å². The van der Waals surface area contributed by atoms with Crippen LogP contribution in [0.3, 0.4) is 0 Å². The number of carbonyl (C=O) groups excluding carboxylic acids is 2. The van der Waals surface area contributed by atoms with Crippen LogP contribution < -0.4 is 0 Å². The number of ketones is 1. The third-order valence-electron chi connectivity index (χ3n) is 8.71. The molecular weight excluding hydrogens is 338 g/mol. The molecule has 4 heteroatoms. The van der Waals surface area contributed by atoms with Gasteiger partial charge in [-0.2, -0.15) is 0 Å². The molecule has 0 amide bonds. The minimum absolute atomic E-state index is 0.0192. The van der Waals surface area contributed by atoms with E-state index in [1.165, 1.54) is 12.5 Å². The van der Waals surface area contributed by atoms with Gasteiger partial charge in [0.05, 0.1) is 0 Å². The summed E-state index contributed by atoms with van der Waals surface area (Å²) in [6.45, 7) is 3.66. The molecule has 1 N–H and O–H groups in total. The lowest BCUT2D eigenvalue weighted by atomic mass is 9.41. The fourth-order valence-electron chi connectivity index (χ4n) is 7.57. The summed E-state index contributed by atoms with van der Waals surface area (Å²) in [7, 11) is 0. The van der Waals surface area contributed by atoms with Crippen LogP contribution in [0.5, 0.6) is 0 Å². The van der Waals surface area contributed by atoms with Crippen LogP contribution in [0.2, 0.25) is 0 Å². The molecule has 0 aromatic heterocycles. The summed E-state index contributed by atoms with van der Waals surface area (Å²) in [4.78, 5) is 24.4. The van der Waals surface area contributed by atoms with Crippen LogP contribution in [0.15, 0.2) is 11.6 Å². The molecular formula is C23H33NO3. The minimum Gasteiger partial charge on any atom is -0.462 e. The van der Waals surface area contributed by atoms with Gasteiger partial charge in [0, 0.05) is 36.8 Å². The second-order valence-electron chi connectivity index (χ2n) is 9.56. The number of Topliss-reactive ketones (excluding diaryl/α,β-unsaturated/α-hetero) is 1.